The first-order valence-corrected chi connectivity index (χ1v) is 8.97. The summed E-state index contributed by atoms with van der Waals surface area (Å²) >= 11 is 0. The van der Waals surface area contributed by atoms with Gasteiger partial charge < -0.3 is 4.90 Å². The molecule has 2 amide bonds. The van der Waals surface area contributed by atoms with Crippen molar-refractivity contribution in [2.24, 2.45) is 0 Å². The molecule has 1 N–H and O–H groups in total. The van der Waals surface area contributed by atoms with Gasteiger partial charge in [-0.3, -0.25) is 19.6 Å². The number of fused-ring (bicyclic) bond motifs is 3. The van der Waals surface area contributed by atoms with Crippen LogP contribution in [0.15, 0.2) is 36.7 Å². The molecule has 0 saturated carbocycles. The standard InChI is InChI=1S/C20H18N6O2/c1-13-4-2-5-14(10-13)25(7-3-6-21)8-9-26-19(27)16-11-22-18-15(12-23-24-18)17(16)20(26)28/h2,4-5,10-12H,3,7-9H2,1H3,(H,22,23,24). The van der Waals surface area contributed by atoms with Gasteiger partial charge in [0.2, 0.25) is 0 Å². The van der Waals surface area contributed by atoms with E-state index in [4.69, 9.17) is 5.26 Å². The van der Waals surface area contributed by atoms with Crippen LogP contribution in [0, 0.1) is 18.3 Å². The van der Waals surface area contributed by atoms with Crippen LogP contribution in [0.4, 0.5) is 5.69 Å². The molecular formula is C20H18N6O2. The zero-order valence-corrected chi connectivity index (χ0v) is 15.3. The van der Waals surface area contributed by atoms with Gasteiger partial charge in [0.25, 0.3) is 11.8 Å². The number of pyridine rings is 1. The number of nitrogens with one attached hydrogen (secondary N) is 1. The van der Waals surface area contributed by atoms with Crippen molar-refractivity contribution < 1.29 is 9.59 Å². The number of nitriles is 1. The molecule has 0 fully saturated rings. The monoisotopic (exact) mass is 374 g/mol. The van der Waals surface area contributed by atoms with Crippen molar-refractivity contribution in [2.75, 3.05) is 24.5 Å². The molecule has 1 aliphatic rings. The van der Waals surface area contributed by atoms with Crippen LogP contribution in [0.5, 0.6) is 0 Å². The third kappa shape index (κ3) is 2.97. The Morgan fingerprint density at radius 2 is 2.07 bits per heavy atom. The van der Waals surface area contributed by atoms with E-state index >= 15 is 0 Å². The van der Waals surface area contributed by atoms with Crippen molar-refractivity contribution in [3.8, 4) is 6.07 Å². The number of H-pyrrole nitrogens is 1. The van der Waals surface area contributed by atoms with Gasteiger partial charge in [0.15, 0.2) is 5.65 Å². The maximum atomic E-state index is 12.9. The van der Waals surface area contributed by atoms with Crippen molar-refractivity contribution in [3.63, 3.8) is 0 Å². The van der Waals surface area contributed by atoms with Gasteiger partial charge >= 0.3 is 0 Å². The molecule has 1 aromatic carbocycles. The highest BCUT2D eigenvalue weighted by Crippen LogP contribution is 2.28. The number of imide groups is 1. The van der Waals surface area contributed by atoms with Crippen LogP contribution in [0.25, 0.3) is 11.0 Å². The molecule has 28 heavy (non-hydrogen) atoms. The second-order valence-corrected chi connectivity index (χ2v) is 6.68. The Morgan fingerprint density at radius 3 is 2.86 bits per heavy atom. The van der Waals surface area contributed by atoms with Crippen LogP contribution in [0.1, 0.15) is 32.7 Å². The molecule has 2 aromatic heterocycles. The van der Waals surface area contributed by atoms with Crippen LogP contribution >= 0.6 is 0 Å². The topological polar surface area (TPSA) is 106 Å². The second-order valence-electron chi connectivity index (χ2n) is 6.68. The number of nitrogens with zero attached hydrogens (tertiary/aromatic N) is 5. The van der Waals surface area contributed by atoms with Gasteiger partial charge in [-0.15, -0.1) is 0 Å². The maximum absolute atomic E-state index is 12.9. The highest BCUT2D eigenvalue weighted by molar-refractivity contribution is 6.25. The summed E-state index contributed by atoms with van der Waals surface area (Å²) in [6, 6.07) is 10.1. The molecule has 0 saturated heterocycles. The largest absolute Gasteiger partial charge is 0.369 e. The number of rotatable bonds is 6. The average Bonchev–Trinajstić information content (AvgIpc) is 3.26. The van der Waals surface area contributed by atoms with Gasteiger partial charge in [-0.2, -0.15) is 10.4 Å². The lowest BCUT2D eigenvalue weighted by Gasteiger charge is -2.26. The van der Waals surface area contributed by atoms with Gasteiger partial charge in [-0.05, 0) is 24.6 Å². The zero-order chi connectivity index (χ0) is 19.7. The summed E-state index contributed by atoms with van der Waals surface area (Å²) in [7, 11) is 0. The number of anilines is 1. The molecule has 3 aromatic rings. The zero-order valence-electron chi connectivity index (χ0n) is 15.3. The van der Waals surface area contributed by atoms with E-state index < -0.39 is 0 Å². The number of aromatic nitrogens is 3. The summed E-state index contributed by atoms with van der Waals surface area (Å²) < 4.78 is 0. The van der Waals surface area contributed by atoms with Crippen molar-refractivity contribution in [1.82, 2.24) is 20.1 Å². The molecule has 0 bridgehead atoms. The highest BCUT2D eigenvalue weighted by Gasteiger charge is 2.37. The average molecular weight is 374 g/mol. The Bertz CT molecular complexity index is 1110. The number of hydrogen-bond acceptors (Lipinski definition) is 6. The van der Waals surface area contributed by atoms with E-state index in [0.717, 1.165) is 11.3 Å². The van der Waals surface area contributed by atoms with E-state index in [9.17, 15) is 9.59 Å². The van der Waals surface area contributed by atoms with Gasteiger partial charge in [0.05, 0.1) is 35.2 Å². The number of carbonyl (C=O) groups excluding carboxylic acids is 2. The van der Waals surface area contributed by atoms with Gasteiger partial charge in [-0.25, -0.2) is 4.98 Å². The van der Waals surface area contributed by atoms with E-state index in [2.05, 4.69) is 21.3 Å². The molecule has 0 atom stereocenters. The second kappa shape index (κ2) is 7.12. The number of benzene rings is 1. The Balaban J connectivity index is 1.57. The molecule has 0 radical (unpaired) electrons. The van der Waals surface area contributed by atoms with Gasteiger partial charge in [-0.1, -0.05) is 12.1 Å². The van der Waals surface area contributed by atoms with Crippen LogP contribution < -0.4 is 4.90 Å². The first-order chi connectivity index (χ1) is 13.6. The van der Waals surface area contributed by atoms with Crippen molar-refractivity contribution in [1.29, 1.82) is 5.26 Å². The number of amides is 2. The van der Waals surface area contributed by atoms with Crippen LogP contribution in [-0.4, -0.2) is 51.5 Å². The molecule has 0 spiro atoms. The third-order valence-electron chi connectivity index (χ3n) is 4.87. The molecule has 8 nitrogen and oxygen atoms in total. The van der Waals surface area contributed by atoms with E-state index in [1.807, 2.05) is 36.1 Å². The lowest BCUT2D eigenvalue weighted by molar-refractivity contribution is 0.0659. The smallest absolute Gasteiger partial charge is 0.263 e. The Kier molecular flexibility index (Phi) is 4.49. The summed E-state index contributed by atoms with van der Waals surface area (Å²) in [6.45, 7) is 3.19. The Hall–Kier alpha value is -3.73. The molecule has 4 rings (SSSR count). The SMILES string of the molecule is Cc1cccc(N(CCC#N)CCN2C(=O)c3cnc4[nH]ncc4c3C2=O)c1. The third-order valence-corrected chi connectivity index (χ3v) is 4.87. The number of hydrogen-bond donors (Lipinski definition) is 1. The molecule has 1 aliphatic heterocycles. The summed E-state index contributed by atoms with van der Waals surface area (Å²) in [4.78, 5) is 33.1. The lowest BCUT2D eigenvalue weighted by atomic mass is 10.1. The van der Waals surface area contributed by atoms with Gasteiger partial charge in [0.1, 0.15) is 0 Å². The molecule has 8 heteroatoms. The first kappa shape index (κ1) is 17.7. The molecule has 140 valence electrons. The summed E-state index contributed by atoms with van der Waals surface area (Å²) in [5.74, 6) is -0.682. The molecule has 3 heterocycles. The number of carbonyl (C=O) groups is 2. The lowest BCUT2D eigenvalue weighted by Crippen LogP contribution is -2.38. The fourth-order valence-corrected chi connectivity index (χ4v) is 3.47. The molecule has 0 aliphatic carbocycles. The summed E-state index contributed by atoms with van der Waals surface area (Å²) in [5.41, 5.74) is 3.21. The van der Waals surface area contributed by atoms with Crippen LogP contribution in [-0.2, 0) is 0 Å². The number of aromatic amines is 1. The van der Waals surface area contributed by atoms with E-state index in [1.165, 1.54) is 17.3 Å². The fraction of sp³-hybridized carbons (Fsp3) is 0.250. The fourth-order valence-electron chi connectivity index (χ4n) is 3.47. The predicted octanol–water partition coefficient (Wildman–Crippen LogP) is 2.28. The maximum Gasteiger partial charge on any atom is 0.263 e. The quantitative estimate of drug-likeness (QED) is 0.664. The minimum absolute atomic E-state index is 0.227. The van der Waals surface area contributed by atoms with Crippen molar-refractivity contribution in [2.45, 2.75) is 13.3 Å². The van der Waals surface area contributed by atoms with E-state index in [-0.39, 0.29) is 18.4 Å². The van der Waals surface area contributed by atoms with E-state index in [0.29, 0.717) is 41.7 Å². The van der Waals surface area contributed by atoms with E-state index in [1.54, 1.807) is 0 Å². The highest BCUT2D eigenvalue weighted by atomic mass is 16.2. The van der Waals surface area contributed by atoms with Gasteiger partial charge in [0, 0.05) is 31.5 Å². The Labute approximate surface area is 161 Å². The predicted molar refractivity (Wildman–Crippen MR) is 103 cm³/mol. The molecular weight excluding hydrogens is 356 g/mol. The van der Waals surface area contributed by atoms with Crippen LogP contribution in [0.2, 0.25) is 0 Å². The van der Waals surface area contributed by atoms with Crippen molar-refractivity contribution in [3.05, 3.63) is 53.3 Å². The minimum atomic E-state index is -0.347. The van der Waals surface area contributed by atoms with Crippen molar-refractivity contribution >= 4 is 28.5 Å². The number of aryl methyl sites for hydroxylation is 1. The van der Waals surface area contributed by atoms with Crippen LogP contribution in [0.3, 0.4) is 0 Å². The summed E-state index contributed by atoms with van der Waals surface area (Å²) in [6.07, 6.45) is 3.29. The first-order valence-electron chi connectivity index (χ1n) is 8.97. The Morgan fingerprint density at radius 1 is 1.21 bits per heavy atom. The normalized spacial score (nSPS) is 13.1. The molecule has 0 unspecified atom stereocenters. The summed E-state index contributed by atoms with van der Waals surface area (Å²) in [5, 5.41) is 16.2. The minimum Gasteiger partial charge on any atom is -0.369 e.